The molecule has 3 rings (SSSR count). The number of imidazole rings is 1. The molecule has 100 valence electrons. The predicted molar refractivity (Wildman–Crippen MR) is 67.0 cm³/mol. The molecule has 0 spiro atoms. The molecule has 0 aliphatic carbocycles. The summed E-state index contributed by atoms with van der Waals surface area (Å²) in [6.45, 7) is 0. The van der Waals surface area contributed by atoms with E-state index < -0.39 is 11.6 Å². The summed E-state index contributed by atoms with van der Waals surface area (Å²) in [6.07, 6.45) is 2.17. The Morgan fingerprint density at radius 3 is 2.80 bits per heavy atom. The third-order valence-corrected chi connectivity index (χ3v) is 2.77. The number of halogens is 2. The molecule has 0 fully saturated rings. The number of benzene rings is 1. The van der Waals surface area contributed by atoms with E-state index in [0.717, 1.165) is 6.07 Å². The van der Waals surface area contributed by atoms with Gasteiger partial charge in [-0.1, -0.05) is 12.1 Å². The summed E-state index contributed by atoms with van der Waals surface area (Å²) >= 11 is 0. The molecular formula is C14H8F2N2O2. The lowest BCUT2D eigenvalue weighted by atomic mass is 10.3. The SMILES string of the molecule is O=Cc1c(Oc2cccc(F)c2F)nc2ccccn12. The molecule has 0 amide bonds. The molecule has 0 aliphatic rings. The lowest BCUT2D eigenvalue weighted by Crippen LogP contribution is -1.95. The fraction of sp³-hybridized carbons (Fsp3) is 0. The van der Waals surface area contributed by atoms with Crippen molar-refractivity contribution in [2.45, 2.75) is 0 Å². The zero-order chi connectivity index (χ0) is 14.1. The van der Waals surface area contributed by atoms with Gasteiger partial charge in [0, 0.05) is 6.20 Å². The van der Waals surface area contributed by atoms with Gasteiger partial charge in [0.1, 0.15) is 5.65 Å². The van der Waals surface area contributed by atoms with Crippen molar-refractivity contribution in [1.29, 1.82) is 0 Å². The van der Waals surface area contributed by atoms with Gasteiger partial charge >= 0.3 is 0 Å². The summed E-state index contributed by atoms with van der Waals surface area (Å²) in [5, 5.41) is 0. The number of ether oxygens (including phenoxy) is 1. The van der Waals surface area contributed by atoms with Crippen LogP contribution in [0.25, 0.3) is 5.65 Å². The molecule has 0 saturated heterocycles. The summed E-state index contributed by atoms with van der Waals surface area (Å²) in [5.74, 6) is -2.55. The minimum atomic E-state index is -1.12. The zero-order valence-electron chi connectivity index (χ0n) is 10.1. The summed E-state index contributed by atoms with van der Waals surface area (Å²) in [5.41, 5.74) is 0.602. The average Bonchev–Trinajstić information content (AvgIpc) is 2.81. The smallest absolute Gasteiger partial charge is 0.249 e. The lowest BCUT2D eigenvalue weighted by molar-refractivity contribution is 0.111. The van der Waals surface area contributed by atoms with Crippen LogP contribution in [0.5, 0.6) is 11.6 Å². The number of hydrogen-bond donors (Lipinski definition) is 0. The molecule has 0 bridgehead atoms. The maximum atomic E-state index is 13.6. The van der Waals surface area contributed by atoms with Gasteiger partial charge in [-0.2, -0.15) is 9.37 Å². The number of nitrogens with zero attached hydrogens (tertiary/aromatic N) is 2. The molecule has 6 heteroatoms. The highest BCUT2D eigenvalue weighted by atomic mass is 19.2. The van der Waals surface area contributed by atoms with Crippen molar-refractivity contribution >= 4 is 11.9 Å². The van der Waals surface area contributed by atoms with Crippen LogP contribution in [0.4, 0.5) is 8.78 Å². The van der Waals surface area contributed by atoms with Gasteiger partial charge < -0.3 is 4.74 Å². The standard InChI is InChI=1S/C14H8F2N2O2/c15-9-4-3-5-11(13(9)16)20-14-10(8-19)18-7-2-1-6-12(18)17-14/h1-8H. The molecule has 2 aromatic heterocycles. The Morgan fingerprint density at radius 1 is 1.15 bits per heavy atom. The third kappa shape index (κ3) is 1.91. The fourth-order valence-electron chi connectivity index (χ4n) is 1.84. The van der Waals surface area contributed by atoms with Crippen LogP contribution in [0.15, 0.2) is 42.6 Å². The van der Waals surface area contributed by atoms with Crippen LogP contribution in [0.2, 0.25) is 0 Å². The predicted octanol–water partition coefficient (Wildman–Crippen LogP) is 3.22. The van der Waals surface area contributed by atoms with Crippen molar-refractivity contribution in [3.05, 3.63) is 59.9 Å². The van der Waals surface area contributed by atoms with Gasteiger partial charge in [-0.05, 0) is 24.3 Å². The van der Waals surface area contributed by atoms with Crippen molar-refractivity contribution in [1.82, 2.24) is 9.38 Å². The van der Waals surface area contributed by atoms with Crippen molar-refractivity contribution < 1.29 is 18.3 Å². The molecule has 0 N–H and O–H groups in total. The van der Waals surface area contributed by atoms with Gasteiger partial charge in [0.15, 0.2) is 23.5 Å². The fourth-order valence-corrected chi connectivity index (χ4v) is 1.84. The number of fused-ring (bicyclic) bond motifs is 1. The number of hydrogen-bond acceptors (Lipinski definition) is 3. The van der Waals surface area contributed by atoms with Gasteiger partial charge in [-0.15, -0.1) is 0 Å². The Kier molecular flexibility index (Phi) is 2.90. The molecular weight excluding hydrogens is 266 g/mol. The average molecular weight is 274 g/mol. The molecule has 0 radical (unpaired) electrons. The molecule has 20 heavy (non-hydrogen) atoms. The van der Waals surface area contributed by atoms with E-state index in [9.17, 15) is 13.6 Å². The first kappa shape index (κ1) is 12.3. The second-order valence-corrected chi connectivity index (χ2v) is 4.00. The zero-order valence-corrected chi connectivity index (χ0v) is 10.1. The molecule has 1 aromatic carbocycles. The summed E-state index contributed by atoms with van der Waals surface area (Å²) in [6, 6.07) is 8.67. The molecule has 4 nitrogen and oxygen atoms in total. The first-order valence-corrected chi connectivity index (χ1v) is 5.75. The number of aromatic nitrogens is 2. The largest absolute Gasteiger partial charge is 0.434 e. The Balaban J connectivity index is 2.11. The Labute approximate surface area is 112 Å². The van der Waals surface area contributed by atoms with E-state index >= 15 is 0 Å². The van der Waals surface area contributed by atoms with Crippen LogP contribution < -0.4 is 4.74 Å². The third-order valence-electron chi connectivity index (χ3n) is 2.77. The van der Waals surface area contributed by atoms with E-state index in [-0.39, 0.29) is 17.3 Å². The first-order chi connectivity index (χ1) is 9.70. The lowest BCUT2D eigenvalue weighted by Gasteiger charge is -2.04. The van der Waals surface area contributed by atoms with Crippen LogP contribution >= 0.6 is 0 Å². The van der Waals surface area contributed by atoms with Crippen molar-refractivity contribution in [3.63, 3.8) is 0 Å². The maximum Gasteiger partial charge on any atom is 0.249 e. The first-order valence-electron chi connectivity index (χ1n) is 5.75. The Morgan fingerprint density at radius 2 is 2.00 bits per heavy atom. The molecule has 0 unspecified atom stereocenters. The molecule has 0 atom stereocenters. The van der Waals surface area contributed by atoms with E-state index in [1.165, 1.54) is 16.5 Å². The van der Waals surface area contributed by atoms with Crippen molar-refractivity contribution in [2.24, 2.45) is 0 Å². The highest BCUT2D eigenvalue weighted by Gasteiger charge is 2.16. The van der Waals surface area contributed by atoms with Crippen LogP contribution in [0.3, 0.4) is 0 Å². The van der Waals surface area contributed by atoms with Crippen molar-refractivity contribution in [2.75, 3.05) is 0 Å². The van der Waals surface area contributed by atoms with Crippen LogP contribution in [0.1, 0.15) is 10.5 Å². The molecule has 0 saturated carbocycles. The summed E-state index contributed by atoms with van der Waals surface area (Å²) < 4.78 is 33.4. The second-order valence-electron chi connectivity index (χ2n) is 4.00. The Hall–Kier alpha value is -2.76. The van der Waals surface area contributed by atoms with Crippen LogP contribution in [-0.2, 0) is 0 Å². The topological polar surface area (TPSA) is 43.6 Å². The minimum Gasteiger partial charge on any atom is -0.434 e. The van der Waals surface area contributed by atoms with Crippen LogP contribution in [0, 0.1) is 11.6 Å². The highest BCUT2D eigenvalue weighted by molar-refractivity contribution is 5.78. The number of carbonyl (C=O) groups is 1. The van der Waals surface area contributed by atoms with E-state index in [2.05, 4.69) is 4.98 Å². The second kappa shape index (κ2) is 4.73. The molecule has 3 aromatic rings. The number of aldehydes is 1. The number of pyridine rings is 1. The highest BCUT2D eigenvalue weighted by Crippen LogP contribution is 2.27. The minimum absolute atomic E-state index is 0.0734. The number of rotatable bonds is 3. The van der Waals surface area contributed by atoms with Gasteiger partial charge in [-0.3, -0.25) is 9.20 Å². The van der Waals surface area contributed by atoms with Gasteiger partial charge in [-0.25, -0.2) is 4.39 Å². The van der Waals surface area contributed by atoms with Gasteiger partial charge in [0.05, 0.1) is 0 Å². The van der Waals surface area contributed by atoms with Crippen LogP contribution in [-0.4, -0.2) is 15.7 Å². The van der Waals surface area contributed by atoms with E-state index in [0.29, 0.717) is 11.9 Å². The monoisotopic (exact) mass is 274 g/mol. The summed E-state index contributed by atoms with van der Waals surface area (Å²) in [4.78, 5) is 15.2. The van der Waals surface area contributed by atoms with Crippen molar-refractivity contribution in [3.8, 4) is 11.6 Å². The quantitative estimate of drug-likeness (QED) is 0.689. The number of carbonyl (C=O) groups excluding carboxylic acids is 1. The normalized spacial score (nSPS) is 10.7. The molecule has 2 heterocycles. The summed E-state index contributed by atoms with van der Waals surface area (Å²) in [7, 11) is 0. The van der Waals surface area contributed by atoms with E-state index in [4.69, 9.17) is 4.74 Å². The van der Waals surface area contributed by atoms with E-state index in [1.807, 2.05) is 0 Å². The molecule has 0 aliphatic heterocycles. The Bertz CT molecular complexity index is 799. The van der Waals surface area contributed by atoms with E-state index in [1.54, 1.807) is 24.4 Å². The van der Waals surface area contributed by atoms with Gasteiger partial charge in [0.2, 0.25) is 11.7 Å². The maximum absolute atomic E-state index is 13.6. The van der Waals surface area contributed by atoms with Gasteiger partial charge in [0.25, 0.3) is 0 Å².